The highest BCUT2D eigenvalue weighted by Gasteiger charge is 2.42. The summed E-state index contributed by atoms with van der Waals surface area (Å²) in [7, 11) is 0. The lowest BCUT2D eigenvalue weighted by molar-refractivity contribution is -0.0853. The Morgan fingerprint density at radius 2 is 2.55 bits per heavy atom. The molecule has 0 amide bonds. The first-order valence-corrected chi connectivity index (χ1v) is 8.83. The number of hydrogen-bond donors (Lipinski definition) is 1. The van der Waals surface area contributed by atoms with E-state index in [2.05, 4.69) is 23.3 Å². The van der Waals surface area contributed by atoms with Gasteiger partial charge in [0, 0.05) is 30.8 Å². The second kappa shape index (κ2) is 6.46. The molecule has 0 bridgehead atoms. The van der Waals surface area contributed by atoms with Crippen LogP contribution in [0.15, 0.2) is 24.5 Å². The van der Waals surface area contributed by atoms with Gasteiger partial charge in [-0.3, -0.25) is 4.98 Å². The van der Waals surface area contributed by atoms with Gasteiger partial charge in [0.25, 0.3) is 0 Å². The Morgan fingerprint density at radius 3 is 3.25 bits per heavy atom. The number of thioether (sulfide) groups is 1. The second-order valence-electron chi connectivity index (χ2n) is 5.91. The lowest BCUT2D eigenvalue weighted by Gasteiger charge is -2.41. The minimum absolute atomic E-state index is 0.156. The van der Waals surface area contributed by atoms with Gasteiger partial charge in [-0.25, -0.2) is 0 Å². The van der Waals surface area contributed by atoms with E-state index in [4.69, 9.17) is 4.74 Å². The zero-order chi connectivity index (χ0) is 13.8. The van der Waals surface area contributed by atoms with Crippen molar-refractivity contribution < 1.29 is 4.74 Å². The number of rotatable bonds is 4. The van der Waals surface area contributed by atoms with Gasteiger partial charge in [-0.05, 0) is 49.1 Å². The molecule has 0 radical (unpaired) electrons. The third-order valence-corrected chi connectivity index (χ3v) is 5.76. The van der Waals surface area contributed by atoms with Crippen molar-refractivity contribution >= 4 is 11.8 Å². The first-order chi connectivity index (χ1) is 9.83. The van der Waals surface area contributed by atoms with Crippen LogP contribution in [0, 0.1) is 5.92 Å². The molecule has 4 heteroatoms. The van der Waals surface area contributed by atoms with Gasteiger partial charge in [0.15, 0.2) is 0 Å². The van der Waals surface area contributed by atoms with Crippen molar-refractivity contribution in [2.45, 2.75) is 37.8 Å². The summed E-state index contributed by atoms with van der Waals surface area (Å²) in [6.45, 7) is 4.09. The quantitative estimate of drug-likeness (QED) is 0.925. The summed E-state index contributed by atoms with van der Waals surface area (Å²) in [6.07, 6.45) is 7.43. The molecule has 1 N–H and O–H groups in total. The van der Waals surface area contributed by atoms with Gasteiger partial charge in [0.2, 0.25) is 0 Å². The van der Waals surface area contributed by atoms with E-state index < -0.39 is 0 Å². The number of pyridine rings is 1. The Balaban J connectivity index is 1.77. The molecule has 1 spiro atoms. The molecule has 1 aromatic heterocycles. The highest BCUT2D eigenvalue weighted by Crippen LogP contribution is 2.43. The third kappa shape index (κ3) is 3.02. The molecule has 1 aromatic rings. The first kappa shape index (κ1) is 14.4. The fraction of sp³-hybridized carbons (Fsp3) is 0.688. The van der Waals surface area contributed by atoms with Crippen molar-refractivity contribution in [1.29, 1.82) is 0 Å². The number of nitrogens with zero attached hydrogens (tertiary/aromatic N) is 1. The molecular formula is C16H24N2OS. The largest absolute Gasteiger partial charge is 0.374 e. The summed E-state index contributed by atoms with van der Waals surface area (Å²) >= 11 is 2.04. The van der Waals surface area contributed by atoms with Gasteiger partial charge in [-0.1, -0.05) is 13.0 Å². The van der Waals surface area contributed by atoms with Crippen LogP contribution in [0.1, 0.15) is 37.8 Å². The highest BCUT2D eigenvalue weighted by atomic mass is 32.2. The van der Waals surface area contributed by atoms with Crippen LogP contribution in [0.4, 0.5) is 0 Å². The standard InChI is InChI=1S/C16H24N2OS/c1-2-18-15(14-4-3-7-17-11-14)13-5-8-19-16(10-13)6-9-20-12-16/h3-4,7,11,13,15,18H,2,5-6,8-10,12H2,1H3. The smallest absolute Gasteiger partial charge is 0.0783 e. The van der Waals surface area contributed by atoms with Crippen LogP contribution in [-0.2, 0) is 4.74 Å². The van der Waals surface area contributed by atoms with Crippen LogP contribution in [0.3, 0.4) is 0 Å². The van der Waals surface area contributed by atoms with Crippen LogP contribution in [0.2, 0.25) is 0 Å². The Morgan fingerprint density at radius 1 is 1.60 bits per heavy atom. The van der Waals surface area contributed by atoms with Gasteiger partial charge in [0.05, 0.1) is 5.60 Å². The van der Waals surface area contributed by atoms with E-state index in [1.165, 1.54) is 29.9 Å². The molecular weight excluding hydrogens is 268 g/mol. The first-order valence-electron chi connectivity index (χ1n) is 7.68. The third-order valence-electron chi connectivity index (χ3n) is 4.54. The van der Waals surface area contributed by atoms with Crippen LogP contribution < -0.4 is 5.32 Å². The Labute approximate surface area is 125 Å². The molecule has 20 heavy (non-hydrogen) atoms. The maximum absolute atomic E-state index is 6.16. The Hall–Kier alpha value is -0.580. The fourth-order valence-electron chi connectivity index (χ4n) is 3.55. The van der Waals surface area contributed by atoms with Crippen molar-refractivity contribution in [3.05, 3.63) is 30.1 Å². The summed E-state index contributed by atoms with van der Waals surface area (Å²) in [4.78, 5) is 4.30. The maximum atomic E-state index is 6.16. The molecule has 0 aliphatic carbocycles. The highest BCUT2D eigenvalue weighted by molar-refractivity contribution is 7.99. The fourth-order valence-corrected chi connectivity index (χ4v) is 4.93. The Bertz CT molecular complexity index is 420. The summed E-state index contributed by atoms with van der Waals surface area (Å²) in [6, 6.07) is 4.66. The molecule has 0 saturated carbocycles. The molecule has 3 atom stereocenters. The number of aromatic nitrogens is 1. The predicted octanol–water partition coefficient (Wildman–Crippen LogP) is 3.03. The average molecular weight is 292 g/mol. The zero-order valence-electron chi connectivity index (χ0n) is 12.2. The van der Waals surface area contributed by atoms with E-state index in [9.17, 15) is 0 Å². The van der Waals surface area contributed by atoms with Crippen molar-refractivity contribution in [1.82, 2.24) is 10.3 Å². The number of ether oxygens (including phenoxy) is 1. The minimum atomic E-state index is 0.156. The average Bonchev–Trinajstić information content (AvgIpc) is 2.93. The van der Waals surface area contributed by atoms with Crippen LogP contribution in [0.25, 0.3) is 0 Å². The molecule has 3 unspecified atom stereocenters. The number of hydrogen-bond acceptors (Lipinski definition) is 4. The molecule has 3 heterocycles. The van der Waals surface area contributed by atoms with Gasteiger partial charge < -0.3 is 10.1 Å². The van der Waals surface area contributed by atoms with E-state index in [1.54, 1.807) is 0 Å². The molecule has 0 aromatic carbocycles. The van der Waals surface area contributed by atoms with Gasteiger partial charge in [0.1, 0.15) is 0 Å². The molecule has 2 aliphatic heterocycles. The van der Waals surface area contributed by atoms with Crippen LogP contribution in [-0.4, -0.2) is 35.2 Å². The van der Waals surface area contributed by atoms with Crippen LogP contribution in [0.5, 0.6) is 0 Å². The van der Waals surface area contributed by atoms with E-state index in [0.29, 0.717) is 12.0 Å². The molecule has 3 nitrogen and oxygen atoms in total. The number of nitrogens with one attached hydrogen (secondary N) is 1. The van der Waals surface area contributed by atoms with Gasteiger partial charge >= 0.3 is 0 Å². The molecule has 110 valence electrons. The van der Waals surface area contributed by atoms with Crippen molar-refractivity contribution in [2.75, 3.05) is 24.7 Å². The summed E-state index contributed by atoms with van der Waals surface area (Å²) < 4.78 is 6.16. The van der Waals surface area contributed by atoms with Gasteiger partial charge in [-0.2, -0.15) is 11.8 Å². The molecule has 2 saturated heterocycles. The Kier molecular flexibility index (Phi) is 4.64. The normalized spacial score (nSPS) is 31.6. The summed E-state index contributed by atoms with van der Waals surface area (Å²) in [5, 5.41) is 3.67. The summed E-state index contributed by atoms with van der Waals surface area (Å²) in [5.41, 5.74) is 1.48. The second-order valence-corrected chi connectivity index (χ2v) is 7.01. The van der Waals surface area contributed by atoms with Crippen LogP contribution >= 0.6 is 11.8 Å². The topological polar surface area (TPSA) is 34.2 Å². The van der Waals surface area contributed by atoms with Gasteiger partial charge in [-0.15, -0.1) is 0 Å². The minimum Gasteiger partial charge on any atom is -0.374 e. The lowest BCUT2D eigenvalue weighted by Crippen LogP contribution is -2.43. The van der Waals surface area contributed by atoms with E-state index >= 15 is 0 Å². The van der Waals surface area contributed by atoms with E-state index in [-0.39, 0.29) is 5.60 Å². The summed E-state index contributed by atoms with van der Waals surface area (Å²) in [5.74, 6) is 3.09. The van der Waals surface area contributed by atoms with E-state index in [0.717, 1.165) is 19.6 Å². The molecule has 3 rings (SSSR count). The zero-order valence-corrected chi connectivity index (χ0v) is 13.0. The SMILES string of the molecule is CCNC(c1cccnc1)C1CCOC2(CCSC2)C1. The van der Waals surface area contributed by atoms with Crippen molar-refractivity contribution in [2.24, 2.45) is 5.92 Å². The molecule has 2 aliphatic rings. The maximum Gasteiger partial charge on any atom is 0.0783 e. The van der Waals surface area contributed by atoms with Crippen molar-refractivity contribution in [3.63, 3.8) is 0 Å². The monoisotopic (exact) mass is 292 g/mol. The predicted molar refractivity (Wildman–Crippen MR) is 84.0 cm³/mol. The van der Waals surface area contributed by atoms with E-state index in [1.807, 2.05) is 30.2 Å². The van der Waals surface area contributed by atoms with Crippen molar-refractivity contribution in [3.8, 4) is 0 Å². The lowest BCUT2D eigenvalue weighted by atomic mass is 9.79. The molecule has 2 fully saturated rings.